The number of amides is 1. The van der Waals surface area contributed by atoms with Gasteiger partial charge in [0.2, 0.25) is 5.91 Å². The molecule has 1 aromatic heterocycles. The molecule has 0 aliphatic rings. The van der Waals surface area contributed by atoms with Gasteiger partial charge in [0.25, 0.3) is 0 Å². The van der Waals surface area contributed by atoms with Gasteiger partial charge in [0.15, 0.2) is 5.96 Å². The van der Waals surface area contributed by atoms with Crippen molar-refractivity contribution < 1.29 is 4.79 Å². The van der Waals surface area contributed by atoms with Crippen molar-refractivity contribution in [1.82, 2.24) is 25.4 Å². The number of halogens is 1. The largest absolute Gasteiger partial charge is 0.357 e. The average Bonchev–Trinajstić information content (AvgIpc) is 3.03. The van der Waals surface area contributed by atoms with E-state index >= 15 is 0 Å². The highest BCUT2D eigenvalue weighted by Crippen LogP contribution is 2.11. The highest BCUT2D eigenvalue weighted by Gasteiger charge is 2.07. The summed E-state index contributed by atoms with van der Waals surface area (Å²) in [7, 11) is 1.85. The number of hydrogen-bond donors (Lipinski definition) is 3. The maximum atomic E-state index is 11.7. The second-order valence-electron chi connectivity index (χ2n) is 6.19. The maximum Gasteiger partial charge on any atom is 0.226 e. The van der Waals surface area contributed by atoms with Crippen LogP contribution in [0.4, 0.5) is 5.69 Å². The molecule has 2 rings (SSSR count). The van der Waals surface area contributed by atoms with Crippen molar-refractivity contribution in [3.05, 3.63) is 42.0 Å². The molecule has 0 fully saturated rings. The molecule has 0 spiro atoms. The van der Waals surface area contributed by atoms with Crippen LogP contribution in [0.5, 0.6) is 0 Å². The molecule has 1 aromatic carbocycles. The van der Waals surface area contributed by atoms with Crippen LogP contribution in [-0.4, -0.2) is 33.2 Å². The van der Waals surface area contributed by atoms with E-state index in [1.54, 1.807) is 4.68 Å². The van der Waals surface area contributed by atoms with E-state index in [1.165, 1.54) is 6.33 Å². The number of aromatic nitrogens is 3. The highest BCUT2D eigenvalue weighted by molar-refractivity contribution is 14.0. The molecule has 0 unspecified atom stereocenters. The number of nitrogens with one attached hydrogen (secondary N) is 3. The van der Waals surface area contributed by atoms with Gasteiger partial charge in [-0.2, -0.15) is 5.10 Å². The lowest BCUT2D eigenvalue weighted by Gasteiger charge is -2.11. The topological polar surface area (TPSA) is 96.2 Å². The Morgan fingerprint density at radius 3 is 2.48 bits per heavy atom. The Hall–Kier alpha value is -2.17. The van der Waals surface area contributed by atoms with E-state index in [0.29, 0.717) is 19.0 Å². The summed E-state index contributed by atoms with van der Waals surface area (Å²) in [6.07, 6.45) is 1.53. The van der Waals surface area contributed by atoms with Crippen molar-refractivity contribution in [3.8, 4) is 0 Å². The van der Waals surface area contributed by atoms with Crippen LogP contribution in [0, 0.1) is 5.92 Å². The molecule has 9 heteroatoms. The molecule has 0 saturated heterocycles. The minimum absolute atomic E-state index is 0. The first-order chi connectivity index (χ1) is 12.5. The van der Waals surface area contributed by atoms with Crippen molar-refractivity contribution in [2.75, 3.05) is 11.9 Å². The molecule has 2 aromatic rings. The predicted molar refractivity (Wildman–Crippen MR) is 118 cm³/mol. The molecule has 0 bridgehead atoms. The van der Waals surface area contributed by atoms with Crippen LogP contribution in [0.3, 0.4) is 0 Å². The molecule has 148 valence electrons. The van der Waals surface area contributed by atoms with E-state index in [9.17, 15) is 4.79 Å². The summed E-state index contributed by atoms with van der Waals surface area (Å²) in [5.74, 6) is 1.52. The van der Waals surface area contributed by atoms with Gasteiger partial charge < -0.3 is 16.0 Å². The van der Waals surface area contributed by atoms with E-state index in [4.69, 9.17) is 0 Å². The zero-order valence-electron chi connectivity index (χ0n) is 16.2. The molecular formula is C18H28IN7O. The van der Waals surface area contributed by atoms with Crippen molar-refractivity contribution in [3.63, 3.8) is 0 Å². The molecule has 1 amide bonds. The highest BCUT2D eigenvalue weighted by atomic mass is 127. The van der Waals surface area contributed by atoms with Crippen molar-refractivity contribution in [2.45, 2.75) is 33.9 Å². The van der Waals surface area contributed by atoms with Gasteiger partial charge in [-0.1, -0.05) is 26.0 Å². The number of nitrogens with zero attached hydrogens (tertiary/aromatic N) is 4. The van der Waals surface area contributed by atoms with Gasteiger partial charge in [0.05, 0.1) is 13.1 Å². The summed E-state index contributed by atoms with van der Waals surface area (Å²) in [6, 6.07) is 7.72. The third-order valence-corrected chi connectivity index (χ3v) is 3.73. The summed E-state index contributed by atoms with van der Waals surface area (Å²) < 4.78 is 1.72. The number of guanidine groups is 1. The fourth-order valence-corrected chi connectivity index (χ4v) is 2.14. The van der Waals surface area contributed by atoms with Gasteiger partial charge in [-0.05, 0) is 24.6 Å². The van der Waals surface area contributed by atoms with Crippen LogP contribution in [0.15, 0.2) is 35.6 Å². The first kappa shape index (κ1) is 22.9. The maximum absolute atomic E-state index is 11.7. The van der Waals surface area contributed by atoms with Crippen molar-refractivity contribution in [2.24, 2.45) is 18.0 Å². The van der Waals surface area contributed by atoms with E-state index in [2.05, 4.69) is 31.0 Å². The quantitative estimate of drug-likeness (QED) is 0.318. The second-order valence-corrected chi connectivity index (χ2v) is 6.19. The number of carbonyl (C=O) groups excluding carboxylic acids is 1. The molecular weight excluding hydrogens is 457 g/mol. The zero-order chi connectivity index (χ0) is 18.9. The monoisotopic (exact) mass is 485 g/mol. The van der Waals surface area contributed by atoms with Crippen LogP contribution in [-0.2, 0) is 24.9 Å². The van der Waals surface area contributed by atoms with Gasteiger partial charge in [0, 0.05) is 25.2 Å². The van der Waals surface area contributed by atoms with E-state index < -0.39 is 0 Å². The fourth-order valence-electron chi connectivity index (χ4n) is 2.14. The van der Waals surface area contributed by atoms with Crippen LogP contribution in [0.25, 0.3) is 0 Å². The number of benzene rings is 1. The first-order valence-corrected chi connectivity index (χ1v) is 8.74. The second kappa shape index (κ2) is 11.5. The summed E-state index contributed by atoms with van der Waals surface area (Å²) in [5.41, 5.74) is 1.85. The summed E-state index contributed by atoms with van der Waals surface area (Å²) in [6.45, 7) is 7.61. The lowest BCUT2D eigenvalue weighted by atomic mass is 10.2. The minimum Gasteiger partial charge on any atom is -0.357 e. The Balaban J connectivity index is 0.00000364. The number of hydrogen-bond acceptors (Lipinski definition) is 4. The SMILES string of the molecule is CCNC(=NCc1ccc(NC(=O)C(C)C)cc1)NCc1ncnn1C.I. The molecule has 0 radical (unpaired) electrons. The third-order valence-electron chi connectivity index (χ3n) is 3.73. The number of aryl methyl sites for hydroxylation is 1. The summed E-state index contributed by atoms with van der Waals surface area (Å²) >= 11 is 0. The van der Waals surface area contributed by atoms with Crippen molar-refractivity contribution in [1.29, 1.82) is 0 Å². The molecule has 0 aliphatic heterocycles. The number of aliphatic imine (C=N–C) groups is 1. The molecule has 8 nitrogen and oxygen atoms in total. The standard InChI is InChI=1S/C18H27N7O.HI/c1-5-19-18(21-11-16-22-12-23-25(16)4)20-10-14-6-8-15(9-7-14)24-17(26)13(2)3;/h6-9,12-13H,5,10-11H2,1-4H3,(H,24,26)(H2,19,20,21);1H. The lowest BCUT2D eigenvalue weighted by molar-refractivity contribution is -0.118. The molecule has 27 heavy (non-hydrogen) atoms. The minimum atomic E-state index is -0.0399. The van der Waals surface area contributed by atoms with E-state index in [0.717, 1.165) is 23.6 Å². The Labute approximate surface area is 177 Å². The van der Waals surface area contributed by atoms with Gasteiger partial charge in [-0.3, -0.25) is 9.48 Å². The van der Waals surface area contributed by atoms with Crippen LogP contribution in [0.1, 0.15) is 32.2 Å². The van der Waals surface area contributed by atoms with Crippen molar-refractivity contribution >= 4 is 41.5 Å². The predicted octanol–water partition coefficient (Wildman–Crippen LogP) is 2.28. The first-order valence-electron chi connectivity index (χ1n) is 8.74. The Morgan fingerprint density at radius 1 is 1.22 bits per heavy atom. The Morgan fingerprint density at radius 2 is 1.93 bits per heavy atom. The lowest BCUT2D eigenvalue weighted by Crippen LogP contribution is -2.37. The molecule has 0 saturated carbocycles. The zero-order valence-corrected chi connectivity index (χ0v) is 18.5. The molecule has 0 aliphatic carbocycles. The van der Waals surface area contributed by atoms with Gasteiger partial charge in [-0.15, -0.1) is 24.0 Å². The molecule has 0 atom stereocenters. The van der Waals surface area contributed by atoms with Crippen LogP contribution in [0.2, 0.25) is 0 Å². The fraction of sp³-hybridized carbons (Fsp3) is 0.444. The van der Waals surface area contributed by atoms with E-state index in [-0.39, 0.29) is 35.8 Å². The van der Waals surface area contributed by atoms with Gasteiger partial charge in [0.1, 0.15) is 12.2 Å². The van der Waals surface area contributed by atoms with Crippen LogP contribution >= 0.6 is 24.0 Å². The Kier molecular flexibility index (Phi) is 9.76. The number of anilines is 1. The average molecular weight is 485 g/mol. The molecule has 3 N–H and O–H groups in total. The van der Waals surface area contributed by atoms with Gasteiger partial charge in [-0.25, -0.2) is 9.98 Å². The van der Waals surface area contributed by atoms with Gasteiger partial charge >= 0.3 is 0 Å². The number of rotatable bonds is 7. The van der Waals surface area contributed by atoms with Crippen LogP contribution < -0.4 is 16.0 Å². The smallest absolute Gasteiger partial charge is 0.226 e. The molecule has 1 heterocycles. The Bertz CT molecular complexity index is 740. The summed E-state index contributed by atoms with van der Waals surface area (Å²) in [4.78, 5) is 20.5. The third kappa shape index (κ3) is 7.53. The normalized spacial score (nSPS) is 11.1. The van der Waals surface area contributed by atoms with E-state index in [1.807, 2.05) is 52.1 Å². The number of carbonyl (C=O) groups is 1. The summed E-state index contributed by atoms with van der Waals surface area (Å²) in [5, 5.41) is 13.4.